The van der Waals surface area contributed by atoms with E-state index in [4.69, 9.17) is 27.9 Å². The van der Waals surface area contributed by atoms with Crippen LogP contribution < -0.4 is 0 Å². The van der Waals surface area contributed by atoms with E-state index in [1.807, 2.05) is 6.92 Å². The highest BCUT2D eigenvalue weighted by atomic mass is 35.5. The zero-order chi connectivity index (χ0) is 10.6. The molecule has 0 aromatic carbocycles. The van der Waals surface area contributed by atoms with Crippen molar-refractivity contribution in [1.82, 2.24) is 4.98 Å². The SMILES string of the molecule is CCC(C)OCc1cnc(Cl)cc1Cl. The smallest absolute Gasteiger partial charge is 0.130 e. The molecule has 78 valence electrons. The standard InChI is InChI=1S/C10H13Cl2NO/c1-3-7(2)14-6-8-5-13-10(12)4-9(8)11/h4-5,7H,3,6H2,1-2H3. The van der Waals surface area contributed by atoms with Crippen LogP contribution in [0.3, 0.4) is 0 Å². The van der Waals surface area contributed by atoms with Crippen molar-refractivity contribution >= 4 is 23.2 Å². The summed E-state index contributed by atoms with van der Waals surface area (Å²) in [5.74, 6) is 0. The van der Waals surface area contributed by atoms with E-state index in [2.05, 4.69) is 11.9 Å². The van der Waals surface area contributed by atoms with Crippen LogP contribution in [0.4, 0.5) is 0 Å². The van der Waals surface area contributed by atoms with E-state index in [0.29, 0.717) is 16.8 Å². The highest BCUT2D eigenvalue weighted by molar-refractivity contribution is 6.34. The summed E-state index contributed by atoms with van der Waals surface area (Å²) in [6, 6.07) is 1.62. The second kappa shape index (κ2) is 5.54. The predicted octanol–water partition coefficient (Wildman–Crippen LogP) is 3.70. The average molecular weight is 234 g/mol. The second-order valence-electron chi connectivity index (χ2n) is 3.13. The molecule has 0 aliphatic carbocycles. The Labute approximate surface area is 94.2 Å². The van der Waals surface area contributed by atoms with Gasteiger partial charge in [0, 0.05) is 11.8 Å². The molecule has 1 aromatic rings. The van der Waals surface area contributed by atoms with Crippen molar-refractivity contribution in [3.63, 3.8) is 0 Å². The minimum absolute atomic E-state index is 0.238. The molecule has 0 spiro atoms. The first kappa shape index (κ1) is 11.8. The first-order chi connectivity index (χ1) is 6.63. The molecule has 2 nitrogen and oxygen atoms in total. The normalized spacial score (nSPS) is 12.9. The van der Waals surface area contributed by atoms with Crippen molar-refractivity contribution in [3.05, 3.63) is 28.0 Å². The van der Waals surface area contributed by atoms with Gasteiger partial charge < -0.3 is 4.74 Å². The number of halogens is 2. The zero-order valence-electron chi connectivity index (χ0n) is 8.26. The fourth-order valence-corrected chi connectivity index (χ4v) is 1.31. The van der Waals surface area contributed by atoms with Crippen LogP contribution in [0.25, 0.3) is 0 Å². The Morgan fingerprint density at radius 3 is 2.79 bits per heavy atom. The van der Waals surface area contributed by atoms with Crippen molar-refractivity contribution in [2.45, 2.75) is 33.0 Å². The lowest BCUT2D eigenvalue weighted by Gasteiger charge is -2.11. The van der Waals surface area contributed by atoms with E-state index in [1.165, 1.54) is 0 Å². The van der Waals surface area contributed by atoms with Gasteiger partial charge in [0.2, 0.25) is 0 Å². The van der Waals surface area contributed by atoms with Crippen LogP contribution in [0.15, 0.2) is 12.3 Å². The van der Waals surface area contributed by atoms with Crippen LogP contribution >= 0.6 is 23.2 Å². The molecule has 0 amide bonds. The maximum absolute atomic E-state index is 5.95. The van der Waals surface area contributed by atoms with Gasteiger partial charge in [-0.15, -0.1) is 0 Å². The molecule has 0 saturated heterocycles. The van der Waals surface area contributed by atoms with E-state index in [-0.39, 0.29) is 6.10 Å². The van der Waals surface area contributed by atoms with Gasteiger partial charge in [-0.2, -0.15) is 0 Å². The molecule has 0 aliphatic rings. The first-order valence-corrected chi connectivity index (χ1v) is 5.30. The number of hydrogen-bond acceptors (Lipinski definition) is 2. The monoisotopic (exact) mass is 233 g/mol. The lowest BCUT2D eigenvalue weighted by Crippen LogP contribution is -2.06. The highest BCUT2D eigenvalue weighted by Crippen LogP contribution is 2.19. The molecule has 1 heterocycles. The van der Waals surface area contributed by atoms with Crippen LogP contribution in [-0.2, 0) is 11.3 Å². The van der Waals surface area contributed by atoms with Crippen LogP contribution in [0.1, 0.15) is 25.8 Å². The molecule has 0 radical (unpaired) electrons. The predicted molar refractivity (Wildman–Crippen MR) is 58.8 cm³/mol. The lowest BCUT2D eigenvalue weighted by molar-refractivity contribution is 0.0507. The van der Waals surface area contributed by atoms with Gasteiger partial charge in [-0.25, -0.2) is 4.98 Å². The molecule has 4 heteroatoms. The molecule has 0 aliphatic heterocycles. The molecule has 1 unspecified atom stereocenters. The summed E-state index contributed by atoms with van der Waals surface area (Å²) < 4.78 is 5.53. The van der Waals surface area contributed by atoms with Crippen molar-refractivity contribution in [3.8, 4) is 0 Å². The minimum Gasteiger partial charge on any atom is -0.374 e. The quantitative estimate of drug-likeness (QED) is 0.741. The summed E-state index contributed by atoms with van der Waals surface area (Å²) in [5, 5.41) is 1.01. The number of hydrogen-bond donors (Lipinski definition) is 0. The van der Waals surface area contributed by atoms with Gasteiger partial charge in [0.15, 0.2) is 0 Å². The maximum Gasteiger partial charge on any atom is 0.130 e. The average Bonchev–Trinajstić information content (AvgIpc) is 2.16. The molecule has 1 aromatic heterocycles. The van der Waals surface area contributed by atoms with Gasteiger partial charge >= 0.3 is 0 Å². The van der Waals surface area contributed by atoms with E-state index in [0.717, 1.165) is 12.0 Å². The third kappa shape index (κ3) is 3.45. The molecule has 1 rings (SSSR count). The van der Waals surface area contributed by atoms with Crippen LogP contribution in [0.5, 0.6) is 0 Å². The summed E-state index contributed by atoms with van der Waals surface area (Å²) in [5.41, 5.74) is 0.872. The van der Waals surface area contributed by atoms with E-state index in [9.17, 15) is 0 Å². The largest absolute Gasteiger partial charge is 0.374 e. The number of aromatic nitrogens is 1. The van der Waals surface area contributed by atoms with Gasteiger partial charge in [0.1, 0.15) is 5.15 Å². The topological polar surface area (TPSA) is 22.1 Å². The molecular weight excluding hydrogens is 221 g/mol. The number of nitrogens with zero attached hydrogens (tertiary/aromatic N) is 1. The van der Waals surface area contributed by atoms with E-state index >= 15 is 0 Å². The van der Waals surface area contributed by atoms with Gasteiger partial charge in [0.05, 0.1) is 17.7 Å². The minimum atomic E-state index is 0.238. The molecule has 1 atom stereocenters. The van der Waals surface area contributed by atoms with Gasteiger partial charge in [-0.05, 0) is 19.4 Å². The summed E-state index contributed by atoms with van der Waals surface area (Å²) in [6.07, 6.45) is 2.87. The van der Waals surface area contributed by atoms with Crippen molar-refractivity contribution in [1.29, 1.82) is 0 Å². The Morgan fingerprint density at radius 1 is 1.50 bits per heavy atom. The molecular formula is C10H13Cl2NO. The summed E-state index contributed by atoms with van der Waals surface area (Å²) in [6.45, 7) is 4.58. The van der Waals surface area contributed by atoms with Crippen molar-refractivity contribution in [2.24, 2.45) is 0 Å². The van der Waals surface area contributed by atoms with E-state index < -0.39 is 0 Å². The fraction of sp³-hybridized carbons (Fsp3) is 0.500. The number of pyridine rings is 1. The third-order valence-electron chi connectivity index (χ3n) is 1.99. The molecule has 0 bridgehead atoms. The molecule has 0 fully saturated rings. The van der Waals surface area contributed by atoms with E-state index in [1.54, 1.807) is 12.3 Å². The zero-order valence-corrected chi connectivity index (χ0v) is 9.77. The Hall–Kier alpha value is -0.310. The summed E-state index contributed by atoms with van der Waals surface area (Å²) in [7, 11) is 0. The lowest BCUT2D eigenvalue weighted by atomic mass is 10.3. The Bertz CT molecular complexity index is 304. The van der Waals surface area contributed by atoms with Crippen molar-refractivity contribution in [2.75, 3.05) is 0 Å². The Balaban J connectivity index is 2.59. The Morgan fingerprint density at radius 2 is 2.21 bits per heavy atom. The molecule has 0 saturated carbocycles. The fourth-order valence-electron chi connectivity index (χ4n) is 0.892. The summed E-state index contributed by atoms with van der Waals surface area (Å²) >= 11 is 11.6. The summed E-state index contributed by atoms with van der Waals surface area (Å²) in [4.78, 5) is 3.94. The van der Waals surface area contributed by atoms with Crippen LogP contribution in [0, 0.1) is 0 Å². The van der Waals surface area contributed by atoms with Crippen LogP contribution in [0.2, 0.25) is 10.2 Å². The number of rotatable bonds is 4. The van der Waals surface area contributed by atoms with Crippen LogP contribution in [-0.4, -0.2) is 11.1 Å². The molecule has 14 heavy (non-hydrogen) atoms. The third-order valence-corrected chi connectivity index (χ3v) is 2.55. The Kier molecular flexibility index (Phi) is 4.66. The number of ether oxygens (including phenoxy) is 1. The van der Waals surface area contributed by atoms with Gasteiger partial charge in [-0.3, -0.25) is 0 Å². The molecule has 0 N–H and O–H groups in total. The second-order valence-corrected chi connectivity index (χ2v) is 3.92. The maximum atomic E-state index is 5.95. The van der Waals surface area contributed by atoms with Gasteiger partial charge in [-0.1, -0.05) is 30.1 Å². The highest BCUT2D eigenvalue weighted by Gasteiger charge is 2.04. The first-order valence-electron chi connectivity index (χ1n) is 4.55. The van der Waals surface area contributed by atoms with Crippen molar-refractivity contribution < 1.29 is 4.74 Å². The van der Waals surface area contributed by atoms with Gasteiger partial charge in [0.25, 0.3) is 0 Å².